The highest BCUT2D eigenvalue weighted by Gasteiger charge is 1.98. The summed E-state index contributed by atoms with van der Waals surface area (Å²) in [6, 6.07) is 7.55. The molecule has 88 valence electrons. The molecule has 1 aromatic heterocycles. The summed E-state index contributed by atoms with van der Waals surface area (Å²) in [5.41, 5.74) is 7.21. The van der Waals surface area contributed by atoms with E-state index in [1.807, 2.05) is 24.3 Å². The van der Waals surface area contributed by atoms with Crippen molar-refractivity contribution in [2.75, 3.05) is 5.73 Å². The number of nitrogens with zero attached hydrogens (tertiary/aromatic N) is 2. The number of hydrogen-bond acceptors (Lipinski definition) is 4. The van der Waals surface area contributed by atoms with Gasteiger partial charge in [-0.2, -0.15) is 0 Å². The van der Waals surface area contributed by atoms with E-state index in [1.54, 1.807) is 6.20 Å². The van der Waals surface area contributed by atoms with E-state index in [0.717, 1.165) is 11.3 Å². The van der Waals surface area contributed by atoms with Gasteiger partial charge in [-0.25, -0.2) is 4.98 Å². The minimum absolute atomic E-state index is 0.403. The molecule has 0 atom stereocenters. The van der Waals surface area contributed by atoms with E-state index in [4.69, 9.17) is 22.1 Å². The van der Waals surface area contributed by atoms with Crippen LogP contribution in [0.5, 0.6) is 0 Å². The number of nitrogen functional groups attached to an aromatic ring is 1. The predicted octanol–water partition coefficient (Wildman–Crippen LogP) is 2.43. The van der Waals surface area contributed by atoms with Gasteiger partial charge in [0.05, 0.1) is 31.3 Å². The van der Waals surface area contributed by atoms with Crippen molar-refractivity contribution in [3.63, 3.8) is 0 Å². The molecule has 0 aliphatic carbocycles. The van der Waals surface area contributed by atoms with Crippen LogP contribution in [0.3, 0.4) is 0 Å². The standard InChI is InChI=1S/C12H12ClN3O/c13-10-3-1-2-9(4-10)7-17-8-11-5-16-12(14)6-15-11/h1-6H,7-8H2,(H2,14,16). The minimum atomic E-state index is 0.403. The Morgan fingerprint density at radius 1 is 1.18 bits per heavy atom. The summed E-state index contributed by atoms with van der Waals surface area (Å²) >= 11 is 5.87. The highest BCUT2D eigenvalue weighted by atomic mass is 35.5. The Balaban J connectivity index is 1.85. The molecule has 0 saturated heterocycles. The van der Waals surface area contributed by atoms with Crippen LogP contribution in [0.25, 0.3) is 0 Å². The van der Waals surface area contributed by atoms with Gasteiger partial charge in [-0.1, -0.05) is 23.7 Å². The second-order valence-corrected chi connectivity index (χ2v) is 3.99. The molecule has 0 amide bonds. The van der Waals surface area contributed by atoms with Gasteiger partial charge in [0.2, 0.25) is 0 Å². The fourth-order valence-corrected chi connectivity index (χ4v) is 1.55. The topological polar surface area (TPSA) is 61.0 Å². The van der Waals surface area contributed by atoms with Gasteiger partial charge in [0.1, 0.15) is 5.82 Å². The summed E-state index contributed by atoms with van der Waals surface area (Å²) in [7, 11) is 0. The zero-order valence-electron chi connectivity index (χ0n) is 9.14. The van der Waals surface area contributed by atoms with Crippen molar-refractivity contribution < 1.29 is 4.74 Å². The Morgan fingerprint density at radius 2 is 2.06 bits per heavy atom. The molecule has 0 bridgehead atoms. The van der Waals surface area contributed by atoms with Crippen LogP contribution in [0.1, 0.15) is 11.3 Å². The van der Waals surface area contributed by atoms with Gasteiger partial charge in [-0.3, -0.25) is 4.98 Å². The zero-order chi connectivity index (χ0) is 12.1. The van der Waals surface area contributed by atoms with Crippen molar-refractivity contribution in [2.45, 2.75) is 13.2 Å². The van der Waals surface area contributed by atoms with Crippen LogP contribution in [0.15, 0.2) is 36.7 Å². The Morgan fingerprint density at radius 3 is 2.76 bits per heavy atom. The van der Waals surface area contributed by atoms with Crippen LogP contribution in [-0.2, 0) is 18.0 Å². The van der Waals surface area contributed by atoms with Crippen LogP contribution in [0.2, 0.25) is 5.02 Å². The Bertz CT molecular complexity index is 487. The van der Waals surface area contributed by atoms with Crippen LogP contribution < -0.4 is 5.73 Å². The van der Waals surface area contributed by atoms with E-state index >= 15 is 0 Å². The zero-order valence-corrected chi connectivity index (χ0v) is 9.89. The third-order valence-corrected chi connectivity index (χ3v) is 2.37. The van der Waals surface area contributed by atoms with Gasteiger partial charge >= 0.3 is 0 Å². The first-order valence-electron chi connectivity index (χ1n) is 5.12. The summed E-state index contributed by atoms with van der Waals surface area (Å²) < 4.78 is 5.50. The Hall–Kier alpha value is -1.65. The summed E-state index contributed by atoms with van der Waals surface area (Å²) in [5, 5.41) is 0.707. The largest absolute Gasteiger partial charge is 0.382 e. The van der Waals surface area contributed by atoms with Crippen LogP contribution in [0, 0.1) is 0 Å². The van der Waals surface area contributed by atoms with Crippen LogP contribution in [-0.4, -0.2) is 9.97 Å². The quantitative estimate of drug-likeness (QED) is 0.904. The lowest BCUT2D eigenvalue weighted by atomic mass is 10.2. The second kappa shape index (κ2) is 5.61. The number of aromatic nitrogens is 2. The van der Waals surface area contributed by atoms with Crippen molar-refractivity contribution in [1.82, 2.24) is 9.97 Å². The predicted molar refractivity (Wildman–Crippen MR) is 66.4 cm³/mol. The molecule has 5 heteroatoms. The molecular weight excluding hydrogens is 238 g/mol. The highest BCUT2D eigenvalue weighted by molar-refractivity contribution is 6.30. The SMILES string of the molecule is Nc1cnc(COCc2cccc(Cl)c2)cn1. The molecule has 17 heavy (non-hydrogen) atoms. The highest BCUT2D eigenvalue weighted by Crippen LogP contribution is 2.12. The summed E-state index contributed by atoms with van der Waals surface area (Å²) in [5.74, 6) is 0.406. The normalized spacial score (nSPS) is 10.4. The lowest BCUT2D eigenvalue weighted by Gasteiger charge is -2.04. The average Bonchev–Trinajstić information content (AvgIpc) is 2.32. The molecule has 0 saturated carbocycles. The average molecular weight is 250 g/mol. The first-order valence-corrected chi connectivity index (χ1v) is 5.50. The first kappa shape index (κ1) is 11.8. The van der Waals surface area contributed by atoms with E-state index in [0.29, 0.717) is 24.1 Å². The monoisotopic (exact) mass is 249 g/mol. The maximum atomic E-state index is 5.87. The second-order valence-electron chi connectivity index (χ2n) is 3.56. The molecule has 1 heterocycles. The number of benzene rings is 1. The maximum Gasteiger partial charge on any atom is 0.141 e. The van der Waals surface area contributed by atoms with Gasteiger partial charge in [0.15, 0.2) is 0 Å². The van der Waals surface area contributed by atoms with Gasteiger partial charge in [-0.15, -0.1) is 0 Å². The lowest BCUT2D eigenvalue weighted by molar-refractivity contribution is 0.104. The van der Waals surface area contributed by atoms with Crippen LogP contribution >= 0.6 is 11.6 Å². The first-order chi connectivity index (χ1) is 8.24. The molecule has 2 aromatic rings. The molecule has 0 spiro atoms. The van der Waals surface area contributed by atoms with Crippen LogP contribution in [0.4, 0.5) is 5.82 Å². The molecule has 0 unspecified atom stereocenters. The number of hydrogen-bond donors (Lipinski definition) is 1. The van der Waals surface area contributed by atoms with E-state index in [1.165, 1.54) is 6.20 Å². The summed E-state index contributed by atoms with van der Waals surface area (Å²) in [4.78, 5) is 8.02. The molecule has 2 rings (SSSR count). The van der Waals surface area contributed by atoms with Crippen molar-refractivity contribution in [3.05, 3.63) is 52.9 Å². The molecule has 1 aromatic carbocycles. The number of nitrogens with two attached hydrogens (primary N) is 1. The molecule has 2 N–H and O–H groups in total. The summed E-state index contributed by atoms with van der Waals surface area (Å²) in [6.07, 6.45) is 3.12. The fraction of sp³-hybridized carbons (Fsp3) is 0.167. The van der Waals surface area contributed by atoms with Gasteiger partial charge in [0.25, 0.3) is 0 Å². The molecule has 0 aliphatic rings. The number of ether oxygens (including phenoxy) is 1. The lowest BCUT2D eigenvalue weighted by Crippen LogP contribution is -1.99. The third kappa shape index (κ3) is 3.69. The van der Waals surface area contributed by atoms with E-state index in [2.05, 4.69) is 9.97 Å². The number of halogens is 1. The molecule has 0 radical (unpaired) electrons. The van der Waals surface area contributed by atoms with E-state index in [9.17, 15) is 0 Å². The van der Waals surface area contributed by atoms with Crippen molar-refractivity contribution in [2.24, 2.45) is 0 Å². The fourth-order valence-electron chi connectivity index (χ4n) is 1.34. The Kier molecular flexibility index (Phi) is 3.90. The smallest absolute Gasteiger partial charge is 0.141 e. The molecule has 4 nitrogen and oxygen atoms in total. The molecule has 0 fully saturated rings. The molecular formula is C12H12ClN3O. The van der Waals surface area contributed by atoms with Crippen molar-refractivity contribution >= 4 is 17.4 Å². The van der Waals surface area contributed by atoms with Crippen molar-refractivity contribution in [1.29, 1.82) is 0 Å². The van der Waals surface area contributed by atoms with E-state index in [-0.39, 0.29) is 0 Å². The summed E-state index contributed by atoms with van der Waals surface area (Å²) in [6.45, 7) is 0.895. The van der Waals surface area contributed by atoms with Crippen molar-refractivity contribution in [3.8, 4) is 0 Å². The maximum absolute atomic E-state index is 5.87. The number of anilines is 1. The van der Waals surface area contributed by atoms with Gasteiger partial charge < -0.3 is 10.5 Å². The third-order valence-electron chi connectivity index (χ3n) is 2.13. The van der Waals surface area contributed by atoms with Gasteiger partial charge in [0, 0.05) is 5.02 Å². The van der Waals surface area contributed by atoms with Gasteiger partial charge in [-0.05, 0) is 17.7 Å². The number of rotatable bonds is 4. The molecule has 0 aliphatic heterocycles. The Labute approximate surface area is 104 Å². The minimum Gasteiger partial charge on any atom is -0.382 e. The van der Waals surface area contributed by atoms with E-state index < -0.39 is 0 Å².